The summed E-state index contributed by atoms with van der Waals surface area (Å²) in [7, 11) is 0. The van der Waals surface area contributed by atoms with Crippen molar-refractivity contribution in [2.24, 2.45) is 5.73 Å². The number of hydrogen-bond donors (Lipinski definition) is 1. The first-order valence-electron chi connectivity index (χ1n) is 5.21. The normalized spacial score (nSPS) is 19.4. The van der Waals surface area contributed by atoms with Gasteiger partial charge in [0, 0.05) is 6.61 Å². The van der Waals surface area contributed by atoms with Crippen LogP contribution in [0.1, 0.15) is 23.3 Å². The van der Waals surface area contributed by atoms with Gasteiger partial charge in [0.05, 0.1) is 17.6 Å². The van der Waals surface area contributed by atoms with Gasteiger partial charge in [0.1, 0.15) is 6.20 Å². The Balaban J connectivity index is 2.20. The van der Waals surface area contributed by atoms with Crippen LogP contribution in [0.15, 0.2) is 6.20 Å². The zero-order valence-electron chi connectivity index (χ0n) is 9.04. The smallest absolute Gasteiger partial charge is 0.320 e. The zero-order chi connectivity index (χ0) is 12.4. The van der Waals surface area contributed by atoms with Crippen molar-refractivity contribution in [2.45, 2.75) is 25.5 Å². The Morgan fingerprint density at radius 2 is 2.53 bits per heavy atom. The van der Waals surface area contributed by atoms with Crippen LogP contribution in [0.2, 0.25) is 0 Å². The van der Waals surface area contributed by atoms with Gasteiger partial charge in [0.2, 0.25) is 5.69 Å². The lowest BCUT2D eigenvalue weighted by Crippen LogP contribution is -2.17. The lowest BCUT2D eigenvalue weighted by molar-refractivity contribution is -0.385. The number of nitrogens with two attached hydrogens (primary N) is 1. The molecule has 0 aliphatic carbocycles. The molecule has 1 atom stereocenters. The molecule has 2 N–H and O–H groups in total. The van der Waals surface area contributed by atoms with Crippen molar-refractivity contribution in [1.29, 1.82) is 0 Å². The van der Waals surface area contributed by atoms with E-state index in [0.717, 1.165) is 12.8 Å². The highest BCUT2D eigenvalue weighted by Gasteiger charge is 2.25. The van der Waals surface area contributed by atoms with Crippen LogP contribution in [-0.2, 0) is 11.3 Å². The molecule has 1 aromatic rings. The Hall–Kier alpha value is -1.96. The molecule has 0 saturated carbocycles. The maximum Gasteiger partial charge on any atom is 0.320 e. The summed E-state index contributed by atoms with van der Waals surface area (Å²) >= 11 is 0. The number of rotatable bonds is 4. The molecule has 17 heavy (non-hydrogen) atoms. The van der Waals surface area contributed by atoms with Crippen molar-refractivity contribution in [2.75, 3.05) is 6.61 Å². The van der Waals surface area contributed by atoms with Crippen LogP contribution >= 0.6 is 0 Å². The molecule has 0 aromatic carbocycles. The van der Waals surface area contributed by atoms with E-state index in [4.69, 9.17) is 10.5 Å². The van der Waals surface area contributed by atoms with E-state index in [1.165, 1.54) is 10.9 Å². The van der Waals surface area contributed by atoms with Crippen molar-refractivity contribution in [1.82, 2.24) is 9.78 Å². The largest absolute Gasteiger partial charge is 0.376 e. The summed E-state index contributed by atoms with van der Waals surface area (Å²) in [6, 6.07) is 0. The van der Waals surface area contributed by atoms with Crippen molar-refractivity contribution in [3.05, 3.63) is 22.0 Å². The average molecular weight is 240 g/mol. The minimum absolute atomic E-state index is 0.00442. The predicted molar refractivity (Wildman–Crippen MR) is 56.4 cm³/mol. The van der Waals surface area contributed by atoms with Gasteiger partial charge in [0.25, 0.3) is 5.91 Å². The second kappa shape index (κ2) is 4.50. The molecule has 1 aromatic heterocycles. The standard InChI is InChI=1S/C9H12N4O4/c10-9(14)8-7(13(15)16)5-12(11-8)4-6-2-1-3-17-6/h5-6H,1-4H2,(H2,10,14). The summed E-state index contributed by atoms with van der Waals surface area (Å²) in [6.07, 6.45) is 3.06. The third-order valence-corrected chi connectivity index (χ3v) is 2.59. The Bertz CT molecular complexity index is 418. The fourth-order valence-corrected chi connectivity index (χ4v) is 1.81. The molecule has 92 valence electrons. The molecule has 0 spiro atoms. The van der Waals surface area contributed by atoms with Crippen LogP contribution < -0.4 is 5.73 Å². The lowest BCUT2D eigenvalue weighted by Gasteiger charge is -2.07. The molecular formula is C9H12N4O4. The highest BCUT2D eigenvalue weighted by molar-refractivity contribution is 5.94. The Morgan fingerprint density at radius 1 is 1.76 bits per heavy atom. The number of nitrogens with zero attached hydrogens (tertiary/aromatic N) is 3. The van der Waals surface area contributed by atoms with Gasteiger partial charge in [-0.3, -0.25) is 19.6 Å². The Labute approximate surface area is 96.5 Å². The van der Waals surface area contributed by atoms with Gasteiger partial charge < -0.3 is 10.5 Å². The van der Waals surface area contributed by atoms with Crippen LogP contribution in [0.25, 0.3) is 0 Å². The molecular weight excluding hydrogens is 228 g/mol. The third-order valence-electron chi connectivity index (χ3n) is 2.59. The van der Waals surface area contributed by atoms with Crippen molar-refractivity contribution in [3.8, 4) is 0 Å². The Kier molecular flexibility index (Phi) is 3.05. The Morgan fingerprint density at radius 3 is 3.00 bits per heavy atom. The van der Waals surface area contributed by atoms with E-state index in [0.29, 0.717) is 13.2 Å². The van der Waals surface area contributed by atoms with Gasteiger partial charge in [-0.15, -0.1) is 0 Å². The summed E-state index contributed by atoms with van der Waals surface area (Å²) in [6.45, 7) is 1.09. The van der Waals surface area contributed by atoms with Gasteiger partial charge in [-0.25, -0.2) is 0 Å². The number of hydrogen-bond acceptors (Lipinski definition) is 5. The molecule has 8 heteroatoms. The number of carbonyl (C=O) groups is 1. The molecule has 0 radical (unpaired) electrons. The highest BCUT2D eigenvalue weighted by Crippen LogP contribution is 2.19. The third kappa shape index (κ3) is 2.41. The predicted octanol–water partition coefficient (Wildman–Crippen LogP) is 0.0692. The molecule has 0 bridgehead atoms. The quantitative estimate of drug-likeness (QED) is 0.590. The first-order valence-corrected chi connectivity index (χ1v) is 5.21. The molecule has 8 nitrogen and oxygen atoms in total. The number of carbonyl (C=O) groups excluding carboxylic acids is 1. The number of aromatic nitrogens is 2. The van der Waals surface area contributed by atoms with E-state index in [1.807, 2.05) is 0 Å². The van der Waals surface area contributed by atoms with Crippen molar-refractivity contribution >= 4 is 11.6 Å². The molecule has 1 saturated heterocycles. The number of amides is 1. The van der Waals surface area contributed by atoms with Crippen LogP contribution in [0.4, 0.5) is 5.69 Å². The molecule has 2 heterocycles. The molecule has 2 rings (SSSR count). The monoisotopic (exact) mass is 240 g/mol. The zero-order valence-corrected chi connectivity index (χ0v) is 9.04. The molecule has 1 amide bonds. The van der Waals surface area contributed by atoms with Gasteiger partial charge >= 0.3 is 5.69 Å². The summed E-state index contributed by atoms with van der Waals surface area (Å²) in [5, 5.41) is 14.5. The summed E-state index contributed by atoms with van der Waals surface area (Å²) < 4.78 is 6.72. The molecule has 1 unspecified atom stereocenters. The van der Waals surface area contributed by atoms with Gasteiger partial charge in [-0.05, 0) is 12.8 Å². The van der Waals surface area contributed by atoms with Gasteiger partial charge in [-0.1, -0.05) is 0 Å². The summed E-state index contributed by atoms with van der Waals surface area (Å²) in [5.74, 6) is -0.900. The minimum atomic E-state index is -0.900. The lowest BCUT2D eigenvalue weighted by atomic mass is 10.2. The van der Waals surface area contributed by atoms with Gasteiger partial charge in [0.15, 0.2) is 0 Å². The first kappa shape index (κ1) is 11.5. The fraction of sp³-hybridized carbons (Fsp3) is 0.556. The number of primary amides is 1. The van der Waals surface area contributed by atoms with E-state index < -0.39 is 10.8 Å². The SMILES string of the molecule is NC(=O)c1nn(CC2CCCO2)cc1[N+](=O)[O-]. The number of nitro groups is 1. The van der Waals surface area contributed by atoms with Crippen LogP contribution in [-0.4, -0.2) is 33.3 Å². The molecule has 1 fully saturated rings. The summed E-state index contributed by atoms with van der Waals surface area (Å²) in [5.41, 5.74) is 4.35. The molecule has 1 aliphatic heterocycles. The maximum atomic E-state index is 11.0. The minimum Gasteiger partial charge on any atom is -0.376 e. The van der Waals surface area contributed by atoms with E-state index in [2.05, 4.69) is 5.10 Å². The topological polar surface area (TPSA) is 113 Å². The van der Waals surface area contributed by atoms with E-state index in [9.17, 15) is 14.9 Å². The maximum absolute atomic E-state index is 11.0. The van der Waals surface area contributed by atoms with Crippen LogP contribution in [0, 0.1) is 10.1 Å². The average Bonchev–Trinajstić information content (AvgIpc) is 2.86. The van der Waals surface area contributed by atoms with Crippen LogP contribution in [0.5, 0.6) is 0 Å². The van der Waals surface area contributed by atoms with Crippen molar-refractivity contribution < 1.29 is 14.5 Å². The molecule has 1 aliphatic rings. The van der Waals surface area contributed by atoms with Crippen molar-refractivity contribution in [3.63, 3.8) is 0 Å². The van der Waals surface area contributed by atoms with E-state index >= 15 is 0 Å². The summed E-state index contributed by atoms with van der Waals surface area (Å²) in [4.78, 5) is 21.0. The van der Waals surface area contributed by atoms with E-state index in [-0.39, 0.29) is 17.5 Å². The van der Waals surface area contributed by atoms with Gasteiger partial charge in [-0.2, -0.15) is 5.10 Å². The van der Waals surface area contributed by atoms with Crippen LogP contribution in [0.3, 0.4) is 0 Å². The van der Waals surface area contributed by atoms with E-state index in [1.54, 1.807) is 0 Å². The fourth-order valence-electron chi connectivity index (χ4n) is 1.81. The second-order valence-electron chi connectivity index (χ2n) is 3.84. The highest BCUT2D eigenvalue weighted by atomic mass is 16.6. The first-order chi connectivity index (χ1) is 8.08. The second-order valence-corrected chi connectivity index (χ2v) is 3.84. The number of ether oxygens (including phenoxy) is 1.